The third-order valence-corrected chi connectivity index (χ3v) is 5.25. The summed E-state index contributed by atoms with van der Waals surface area (Å²) in [6.45, 7) is 4.45. The Morgan fingerprint density at radius 1 is 0.969 bits per heavy atom. The Bertz CT molecular complexity index is 1280. The molecule has 0 bridgehead atoms. The maximum atomic E-state index is 5.48. The molecule has 0 aliphatic carbocycles. The van der Waals surface area contributed by atoms with Crippen molar-refractivity contribution in [2.24, 2.45) is 0 Å². The van der Waals surface area contributed by atoms with Gasteiger partial charge in [0.2, 0.25) is 12.7 Å². The van der Waals surface area contributed by atoms with Gasteiger partial charge in [0, 0.05) is 43.3 Å². The van der Waals surface area contributed by atoms with Crippen LogP contribution in [0.3, 0.4) is 0 Å². The maximum Gasteiger partial charge on any atom is 0.231 e. The molecule has 2 aromatic carbocycles. The summed E-state index contributed by atoms with van der Waals surface area (Å²) in [4.78, 5) is 15.9. The summed E-state index contributed by atoms with van der Waals surface area (Å²) in [7, 11) is 4.04. The molecule has 0 fully saturated rings. The van der Waals surface area contributed by atoms with Gasteiger partial charge >= 0.3 is 0 Å². The zero-order valence-corrected chi connectivity index (χ0v) is 18.5. The van der Waals surface area contributed by atoms with E-state index in [1.54, 1.807) is 6.33 Å². The normalized spacial score (nSPS) is 12.4. The largest absolute Gasteiger partial charge is 0.454 e. The SMILES string of the molecule is CC(C)n1c(Nc2cccc(N(C)C)c2)nc2c(Nc3ccc4c(c3)OCO4)ncnc21. The van der Waals surface area contributed by atoms with Gasteiger partial charge in [-0.2, -0.15) is 0 Å². The van der Waals surface area contributed by atoms with Gasteiger partial charge in [-0.05, 0) is 44.2 Å². The summed E-state index contributed by atoms with van der Waals surface area (Å²) < 4.78 is 13.0. The first-order valence-corrected chi connectivity index (χ1v) is 10.4. The second-order valence-electron chi connectivity index (χ2n) is 8.06. The predicted octanol–water partition coefficient (Wildman–Crippen LogP) is 4.69. The van der Waals surface area contributed by atoms with Crippen molar-refractivity contribution in [3.63, 3.8) is 0 Å². The molecule has 9 heteroatoms. The molecule has 1 aliphatic heterocycles. The van der Waals surface area contributed by atoms with Gasteiger partial charge in [0.25, 0.3) is 0 Å². The fourth-order valence-corrected chi connectivity index (χ4v) is 3.68. The Kier molecular flexibility index (Phi) is 4.93. The number of rotatable bonds is 6. The van der Waals surface area contributed by atoms with Gasteiger partial charge in [-0.15, -0.1) is 0 Å². The second kappa shape index (κ2) is 7.92. The van der Waals surface area contributed by atoms with Crippen molar-refractivity contribution in [2.75, 3.05) is 36.4 Å². The first kappa shape index (κ1) is 19.9. The van der Waals surface area contributed by atoms with Crippen LogP contribution in [-0.4, -0.2) is 40.4 Å². The highest BCUT2D eigenvalue weighted by Gasteiger charge is 2.19. The number of anilines is 5. The van der Waals surface area contributed by atoms with Crippen molar-refractivity contribution in [3.8, 4) is 11.5 Å². The molecule has 3 heterocycles. The summed E-state index contributed by atoms with van der Waals surface area (Å²) in [6.07, 6.45) is 1.55. The number of benzene rings is 2. The van der Waals surface area contributed by atoms with Crippen LogP contribution in [0.4, 0.5) is 28.8 Å². The zero-order chi connectivity index (χ0) is 22.2. The Hall–Kier alpha value is -4.01. The molecule has 2 N–H and O–H groups in total. The smallest absolute Gasteiger partial charge is 0.231 e. The highest BCUT2D eigenvalue weighted by Crippen LogP contribution is 2.36. The topological polar surface area (TPSA) is 89.4 Å². The van der Waals surface area contributed by atoms with E-state index in [4.69, 9.17) is 14.5 Å². The third kappa shape index (κ3) is 3.62. The summed E-state index contributed by atoms with van der Waals surface area (Å²) in [5.41, 5.74) is 4.33. The van der Waals surface area contributed by atoms with Crippen LogP contribution < -0.4 is 25.0 Å². The number of hydrogen-bond donors (Lipinski definition) is 2. The van der Waals surface area contributed by atoms with Crippen LogP contribution in [0.5, 0.6) is 11.5 Å². The fourth-order valence-electron chi connectivity index (χ4n) is 3.68. The van der Waals surface area contributed by atoms with E-state index in [-0.39, 0.29) is 12.8 Å². The molecule has 4 aromatic rings. The highest BCUT2D eigenvalue weighted by atomic mass is 16.7. The van der Waals surface area contributed by atoms with Gasteiger partial charge in [0.1, 0.15) is 6.33 Å². The van der Waals surface area contributed by atoms with Crippen molar-refractivity contribution >= 4 is 40.0 Å². The van der Waals surface area contributed by atoms with Crippen LogP contribution in [0.15, 0.2) is 48.8 Å². The van der Waals surface area contributed by atoms with E-state index in [1.807, 2.05) is 44.4 Å². The van der Waals surface area contributed by atoms with Crippen LogP contribution in [0, 0.1) is 0 Å². The Morgan fingerprint density at radius 3 is 2.59 bits per heavy atom. The van der Waals surface area contributed by atoms with Gasteiger partial charge in [0.05, 0.1) is 0 Å². The minimum atomic E-state index is 0.146. The number of ether oxygens (including phenoxy) is 2. The van der Waals surface area contributed by atoms with Crippen molar-refractivity contribution in [1.29, 1.82) is 0 Å². The summed E-state index contributed by atoms with van der Waals surface area (Å²) in [6, 6.07) is 14.0. The van der Waals surface area contributed by atoms with Crippen LogP contribution in [-0.2, 0) is 0 Å². The predicted molar refractivity (Wildman–Crippen MR) is 126 cm³/mol. The van der Waals surface area contributed by atoms with Crippen molar-refractivity contribution in [2.45, 2.75) is 19.9 Å². The number of aromatic nitrogens is 4. The highest BCUT2D eigenvalue weighted by molar-refractivity contribution is 5.88. The van der Waals surface area contributed by atoms with Gasteiger partial charge in [-0.1, -0.05) is 6.07 Å². The molecular weight excluding hydrogens is 406 g/mol. The maximum absolute atomic E-state index is 5.48. The number of imidazole rings is 1. The molecule has 0 atom stereocenters. The summed E-state index contributed by atoms with van der Waals surface area (Å²) in [5.74, 6) is 2.77. The first-order valence-electron chi connectivity index (χ1n) is 10.4. The van der Waals surface area contributed by atoms with Crippen molar-refractivity contribution < 1.29 is 9.47 Å². The molecule has 32 heavy (non-hydrogen) atoms. The molecule has 5 rings (SSSR count). The average Bonchev–Trinajstić information content (AvgIpc) is 3.38. The molecule has 164 valence electrons. The number of fused-ring (bicyclic) bond motifs is 2. The van der Waals surface area contributed by atoms with Crippen LogP contribution in [0.1, 0.15) is 19.9 Å². The molecule has 0 spiro atoms. The molecule has 2 aromatic heterocycles. The average molecular weight is 432 g/mol. The van der Waals surface area contributed by atoms with Gasteiger partial charge < -0.3 is 25.0 Å². The van der Waals surface area contributed by atoms with Gasteiger partial charge in [-0.25, -0.2) is 15.0 Å². The molecule has 0 amide bonds. The van der Waals surface area contributed by atoms with E-state index in [0.717, 1.165) is 28.5 Å². The van der Waals surface area contributed by atoms with Crippen LogP contribution in [0.25, 0.3) is 11.2 Å². The quantitative estimate of drug-likeness (QED) is 0.455. The lowest BCUT2D eigenvalue weighted by Crippen LogP contribution is -2.09. The fraction of sp³-hybridized carbons (Fsp3) is 0.261. The monoisotopic (exact) mass is 431 g/mol. The molecule has 1 aliphatic rings. The standard InChI is InChI=1S/C23H25N7O2/c1-14(2)30-22-20(28-23(30)27-15-6-5-7-17(10-15)29(3)4)21(24-12-25-22)26-16-8-9-18-19(11-16)32-13-31-18/h5-12,14H,13H2,1-4H3,(H,27,28)(H,24,25,26). The summed E-state index contributed by atoms with van der Waals surface area (Å²) >= 11 is 0. The molecule has 0 unspecified atom stereocenters. The first-order chi connectivity index (χ1) is 15.5. The molecular formula is C23H25N7O2. The second-order valence-corrected chi connectivity index (χ2v) is 8.06. The number of nitrogens with one attached hydrogen (secondary N) is 2. The van der Waals surface area contributed by atoms with Gasteiger partial charge in [-0.3, -0.25) is 4.57 Å². The van der Waals surface area contributed by atoms with E-state index >= 15 is 0 Å². The van der Waals surface area contributed by atoms with E-state index < -0.39 is 0 Å². The molecule has 9 nitrogen and oxygen atoms in total. The van der Waals surface area contributed by atoms with Gasteiger partial charge in [0.15, 0.2) is 28.5 Å². The van der Waals surface area contributed by atoms with E-state index in [9.17, 15) is 0 Å². The lowest BCUT2D eigenvalue weighted by molar-refractivity contribution is 0.174. The van der Waals surface area contributed by atoms with Crippen LogP contribution in [0.2, 0.25) is 0 Å². The Labute approximate surface area is 186 Å². The lowest BCUT2D eigenvalue weighted by Gasteiger charge is -2.16. The van der Waals surface area contributed by atoms with E-state index in [0.29, 0.717) is 23.0 Å². The number of hydrogen-bond acceptors (Lipinski definition) is 8. The van der Waals surface area contributed by atoms with Crippen LogP contribution >= 0.6 is 0 Å². The third-order valence-electron chi connectivity index (χ3n) is 5.25. The zero-order valence-electron chi connectivity index (χ0n) is 18.5. The Morgan fingerprint density at radius 2 is 1.78 bits per heavy atom. The summed E-state index contributed by atoms with van der Waals surface area (Å²) in [5, 5.41) is 6.80. The van der Waals surface area contributed by atoms with E-state index in [1.165, 1.54) is 0 Å². The minimum absolute atomic E-state index is 0.146. The van der Waals surface area contributed by atoms with Crippen molar-refractivity contribution in [3.05, 3.63) is 48.8 Å². The van der Waals surface area contributed by atoms with E-state index in [2.05, 4.69) is 56.0 Å². The molecule has 0 saturated heterocycles. The lowest BCUT2D eigenvalue weighted by atomic mass is 10.2. The molecule has 0 radical (unpaired) electrons. The Balaban J connectivity index is 1.53. The number of nitrogens with zero attached hydrogens (tertiary/aromatic N) is 5. The molecule has 0 saturated carbocycles. The minimum Gasteiger partial charge on any atom is -0.454 e. The van der Waals surface area contributed by atoms with Crippen molar-refractivity contribution in [1.82, 2.24) is 19.5 Å².